The molecule has 0 saturated heterocycles. The summed E-state index contributed by atoms with van der Waals surface area (Å²) >= 11 is 0. The molecule has 4 nitrogen and oxygen atoms in total. The average molecular weight is 188 g/mol. The minimum atomic E-state index is -0.891. The fourth-order valence-corrected chi connectivity index (χ4v) is 2.20. The van der Waals surface area contributed by atoms with E-state index in [0.29, 0.717) is 0 Å². The van der Waals surface area contributed by atoms with Crippen molar-refractivity contribution >= 4 is 5.97 Å². The number of carboxylic acid groups (broad SMARTS) is 1. The molecule has 1 fully saturated rings. The zero-order valence-electron chi connectivity index (χ0n) is 7.52. The lowest BCUT2D eigenvalue weighted by atomic mass is 9.72. The summed E-state index contributed by atoms with van der Waals surface area (Å²) in [6.45, 7) is -0.180. The monoisotopic (exact) mass is 188 g/mol. The maximum absolute atomic E-state index is 10.9. The van der Waals surface area contributed by atoms with Crippen LogP contribution in [0, 0.1) is 17.8 Å². The van der Waals surface area contributed by atoms with E-state index in [1.165, 1.54) is 0 Å². The second-order valence-corrected chi connectivity index (χ2v) is 3.68. The van der Waals surface area contributed by atoms with Crippen molar-refractivity contribution in [2.45, 2.75) is 19.3 Å². The van der Waals surface area contributed by atoms with Crippen molar-refractivity contribution < 1.29 is 20.1 Å². The fourth-order valence-electron chi connectivity index (χ4n) is 2.20. The number of aliphatic hydroxyl groups excluding tert-OH is 2. The summed E-state index contributed by atoms with van der Waals surface area (Å²) < 4.78 is 0. The first-order chi connectivity index (χ1) is 6.20. The number of rotatable bonds is 3. The molecular weight excluding hydrogens is 172 g/mol. The Hall–Kier alpha value is -0.610. The van der Waals surface area contributed by atoms with Crippen LogP contribution in [0.1, 0.15) is 19.3 Å². The van der Waals surface area contributed by atoms with E-state index >= 15 is 0 Å². The summed E-state index contributed by atoms with van der Waals surface area (Å²) in [6, 6.07) is 0. The van der Waals surface area contributed by atoms with Crippen LogP contribution in [-0.4, -0.2) is 34.5 Å². The molecule has 1 aliphatic carbocycles. The summed E-state index contributed by atoms with van der Waals surface area (Å²) in [6.07, 6.45) is 2.41. The zero-order valence-corrected chi connectivity index (χ0v) is 7.52. The Balaban J connectivity index is 2.69. The largest absolute Gasteiger partial charge is 0.481 e. The maximum Gasteiger partial charge on any atom is 0.307 e. The van der Waals surface area contributed by atoms with Crippen molar-refractivity contribution in [3.8, 4) is 0 Å². The lowest BCUT2D eigenvalue weighted by molar-refractivity contribution is -0.149. The van der Waals surface area contributed by atoms with E-state index in [-0.39, 0.29) is 25.0 Å². The molecule has 1 aliphatic rings. The smallest absolute Gasteiger partial charge is 0.307 e. The molecule has 0 aromatic heterocycles. The SMILES string of the molecule is O=C(O)C1C(CO)CCCC1CO. The average Bonchev–Trinajstić information content (AvgIpc) is 2.16. The van der Waals surface area contributed by atoms with E-state index in [1.54, 1.807) is 0 Å². The summed E-state index contributed by atoms with van der Waals surface area (Å²) in [5.41, 5.74) is 0. The van der Waals surface area contributed by atoms with Crippen molar-refractivity contribution in [1.82, 2.24) is 0 Å². The van der Waals surface area contributed by atoms with Crippen LogP contribution < -0.4 is 0 Å². The molecule has 2 atom stereocenters. The standard InChI is InChI=1S/C9H16O4/c10-4-6-2-1-3-7(5-11)8(6)9(12)13/h6-8,10-11H,1-5H2,(H,12,13). The van der Waals surface area contributed by atoms with Gasteiger partial charge in [0.25, 0.3) is 0 Å². The Morgan fingerprint density at radius 1 is 1.15 bits per heavy atom. The van der Waals surface area contributed by atoms with Gasteiger partial charge in [-0.15, -0.1) is 0 Å². The molecule has 0 radical (unpaired) electrons. The van der Waals surface area contributed by atoms with Crippen LogP contribution >= 0.6 is 0 Å². The third-order valence-electron chi connectivity index (χ3n) is 2.92. The predicted molar refractivity (Wildman–Crippen MR) is 46.1 cm³/mol. The molecule has 0 aliphatic heterocycles. The summed E-state index contributed by atoms with van der Waals surface area (Å²) in [5, 5.41) is 26.9. The Labute approximate surface area is 77.2 Å². The third kappa shape index (κ3) is 2.19. The molecule has 2 unspecified atom stereocenters. The summed E-state index contributed by atoms with van der Waals surface area (Å²) in [5.74, 6) is -1.81. The van der Waals surface area contributed by atoms with Gasteiger partial charge in [0.15, 0.2) is 0 Å². The van der Waals surface area contributed by atoms with Crippen LogP contribution in [0.5, 0.6) is 0 Å². The van der Waals surface area contributed by atoms with Gasteiger partial charge in [0.1, 0.15) is 0 Å². The highest BCUT2D eigenvalue weighted by Gasteiger charge is 2.37. The number of carbonyl (C=O) groups is 1. The molecular formula is C9H16O4. The molecule has 4 heteroatoms. The second kappa shape index (κ2) is 4.58. The Kier molecular flexibility index (Phi) is 3.69. The number of hydrogen-bond donors (Lipinski definition) is 3. The van der Waals surface area contributed by atoms with Crippen LogP contribution in [0.2, 0.25) is 0 Å². The van der Waals surface area contributed by atoms with E-state index in [0.717, 1.165) is 19.3 Å². The van der Waals surface area contributed by atoms with Gasteiger partial charge in [-0.05, 0) is 24.7 Å². The topological polar surface area (TPSA) is 77.8 Å². The molecule has 0 amide bonds. The molecule has 0 spiro atoms. The Morgan fingerprint density at radius 2 is 1.62 bits per heavy atom. The van der Waals surface area contributed by atoms with Crippen molar-refractivity contribution in [2.24, 2.45) is 17.8 Å². The summed E-state index contributed by atoms with van der Waals surface area (Å²) in [4.78, 5) is 10.9. The van der Waals surface area contributed by atoms with Crippen molar-refractivity contribution in [2.75, 3.05) is 13.2 Å². The van der Waals surface area contributed by atoms with Crippen LogP contribution in [0.4, 0.5) is 0 Å². The number of carboxylic acids is 1. The maximum atomic E-state index is 10.9. The van der Waals surface area contributed by atoms with Crippen LogP contribution in [-0.2, 0) is 4.79 Å². The van der Waals surface area contributed by atoms with Gasteiger partial charge >= 0.3 is 5.97 Å². The first kappa shape index (κ1) is 10.5. The molecule has 3 N–H and O–H groups in total. The lowest BCUT2D eigenvalue weighted by Crippen LogP contribution is -2.37. The lowest BCUT2D eigenvalue weighted by Gasteiger charge is -2.33. The number of aliphatic carboxylic acids is 1. The van der Waals surface area contributed by atoms with Crippen molar-refractivity contribution in [1.29, 1.82) is 0 Å². The Bertz CT molecular complexity index is 168. The van der Waals surface area contributed by atoms with Gasteiger partial charge in [-0.25, -0.2) is 0 Å². The molecule has 0 aromatic rings. The molecule has 1 saturated carbocycles. The quantitative estimate of drug-likeness (QED) is 0.586. The highest BCUT2D eigenvalue weighted by atomic mass is 16.4. The molecule has 13 heavy (non-hydrogen) atoms. The van der Waals surface area contributed by atoms with E-state index in [2.05, 4.69) is 0 Å². The van der Waals surface area contributed by atoms with Gasteiger partial charge in [0.05, 0.1) is 5.92 Å². The van der Waals surface area contributed by atoms with Gasteiger partial charge < -0.3 is 15.3 Å². The molecule has 0 aromatic carbocycles. The molecule has 0 heterocycles. The van der Waals surface area contributed by atoms with Crippen molar-refractivity contribution in [3.63, 3.8) is 0 Å². The van der Waals surface area contributed by atoms with Crippen molar-refractivity contribution in [3.05, 3.63) is 0 Å². The minimum absolute atomic E-state index is 0.0898. The fraction of sp³-hybridized carbons (Fsp3) is 0.889. The van der Waals surface area contributed by atoms with Gasteiger partial charge in [0, 0.05) is 13.2 Å². The highest BCUT2D eigenvalue weighted by Crippen LogP contribution is 2.34. The number of hydrogen-bond acceptors (Lipinski definition) is 3. The van der Waals surface area contributed by atoms with E-state index in [4.69, 9.17) is 15.3 Å². The van der Waals surface area contributed by atoms with E-state index in [1.807, 2.05) is 0 Å². The van der Waals surface area contributed by atoms with E-state index in [9.17, 15) is 4.79 Å². The first-order valence-corrected chi connectivity index (χ1v) is 4.65. The summed E-state index contributed by atoms with van der Waals surface area (Å²) in [7, 11) is 0. The minimum Gasteiger partial charge on any atom is -0.481 e. The molecule has 0 bridgehead atoms. The molecule has 1 rings (SSSR count). The first-order valence-electron chi connectivity index (χ1n) is 4.65. The van der Waals surface area contributed by atoms with Gasteiger partial charge in [-0.3, -0.25) is 4.79 Å². The third-order valence-corrected chi connectivity index (χ3v) is 2.92. The van der Waals surface area contributed by atoms with Gasteiger partial charge in [0.2, 0.25) is 0 Å². The van der Waals surface area contributed by atoms with Crippen LogP contribution in [0.25, 0.3) is 0 Å². The van der Waals surface area contributed by atoms with E-state index < -0.39 is 11.9 Å². The number of aliphatic hydroxyl groups is 2. The zero-order chi connectivity index (χ0) is 9.84. The van der Waals surface area contributed by atoms with Crippen LogP contribution in [0.3, 0.4) is 0 Å². The Morgan fingerprint density at radius 3 is 1.92 bits per heavy atom. The van der Waals surface area contributed by atoms with Crippen LogP contribution in [0.15, 0.2) is 0 Å². The predicted octanol–water partition coefficient (Wildman–Crippen LogP) is 0.0881. The van der Waals surface area contributed by atoms with Gasteiger partial charge in [-0.1, -0.05) is 6.42 Å². The normalized spacial score (nSPS) is 34.5. The second-order valence-electron chi connectivity index (χ2n) is 3.68. The highest BCUT2D eigenvalue weighted by molar-refractivity contribution is 5.71. The molecule has 76 valence electrons. The van der Waals surface area contributed by atoms with Gasteiger partial charge in [-0.2, -0.15) is 0 Å².